The summed E-state index contributed by atoms with van der Waals surface area (Å²) in [5, 5.41) is 2.94. The molecule has 6 heteroatoms. The van der Waals surface area contributed by atoms with Gasteiger partial charge in [-0.3, -0.25) is 9.59 Å². The zero-order valence-corrected chi connectivity index (χ0v) is 16.1. The number of carbonyl (C=O) groups is 2. The Morgan fingerprint density at radius 1 is 1.04 bits per heavy atom. The molecule has 1 saturated heterocycles. The van der Waals surface area contributed by atoms with Gasteiger partial charge in [-0.2, -0.15) is 0 Å². The summed E-state index contributed by atoms with van der Waals surface area (Å²) in [6.45, 7) is 3.63. The summed E-state index contributed by atoms with van der Waals surface area (Å²) in [4.78, 5) is 25.9. The second-order valence-electron chi connectivity index (χ2n) is 6.76. The number of carbonyl (C=O) groups excluding carboxylic acids is 2. The van der Waals surface area contributed by atoms with Crippen molar-refractivity contribution in [1.29, 1.82) is 0 Å². The largest absolute Gasteiger partial charge is 0.457 e. The maximum absolute atomic E-state index is 12.2. The van der Waals surface area contributed by atoms with E-state index in [1.54, 1.807) is 4.90 Å². The Labute approximate surface area is 165 Å². The Bertz CT molecular complexity index is 771. The van der Waals surface area contributed by atoms with Gasteiger partial charge in [0, 0.05) is 44.8 Å². The van der Waals surface area contributed by atoms with Gasteiger partial charge in [0.05, 0.1) is 0 Å². The van der Waals surface area contributed by atoms with Gasteiger partial charge in [0.25, 0.3) is 0 Å². The molecule has 0 bridgehead atoms. The van der Waals surface area contributed by atoms with Crippen molar-refractivity contribution in [3.63, 3.8) is 0 Å². The molecule has 0 saturated carbocycles. The topological polar surface area (TPSA) is 67.9 Å². The fraction of sp³-hybridized carbons (Fsp3) is 0.364. The van der Waals surface area contributed by atoms with Gasteiger partial charge in [0.1, 0.15) is 11.5 Å². The molecule has 2 amide bonds. The molecular weight excluding hydrogens is 356 g/mol. The van der Waals surface area contributed by atoms with E-state index in [4.69, 9.17) is 9.47 Å². The normalized spacial score (nSPS) is 14.3. The van der Waals surface area contributed by atoms with Crippen LogP contribution in [-0.4, -0.2) is 38.1 Å². The van der Waals surface area contributed by atoms with Gasteiger partial charge in [-0.05, 0) is 49.2 Å². The molecule has 2 aromatic carbocycles. The van der Waals surface area contributed by atoms with E-state index >= 15 is 0 Å². The molecule has 0 aromatic heterocycles. The van der Waals surface area contributed by atoms with Crippen LogP contribution >= 0.6 is 0 Å². The van der Waals surface area contributed by atoms with Crippen LogP contribution in [0.4, 0.5) is 5.69 Å². The van der Waals surface area contributed by atoms with Crippen LogP contribution < -0.4 is 15.0 Å². The van der Waals surface area contributed by atoms with Crippen molar-refractivity contribution in [2.24, 2.45) is 5.92 Å². The molecule has 6 nitrogen and oxygen atoms in total. The van der Waals surface area contributed by atoms with E-state index in [-0.39, 0.29) is 17.7 Å². The molecule has 0 radical (unpaired) electrons. The van der Waals surface area contributed by atoms with Crippen molar-refractivity contribution >= 4 is 17.5 Å². The summed E-state index contributed by atoms with van der Waals surface area (Å²) in [5.74, 6) is 1.44. The van der Waals surface area contributed by atoms with Crippen LogP contribution in [0.5, 0.6) is 11.5 Å². The first-order valence-corrected chi connectivity index (χ1v) is 9.60. The van der Waals surface area contributed by atoms with Crippen molar-refractivity contribution in [1.82, 2.24) is 5.32 Å². The van der Waals surface area contributed by atoms with E-state index in [9.17, 15) is 9.59 Å². The number of rotatable bonds is 7. The fourth-order valence-corrected chi connectivity index (χ4v) is 3.18. The third kappa shape index (κ3) is 5.57. The third-order valence-electron chi connectivity index (χ3n) is 4.73. The van der Waals surface area contributed by atoms with Crippen molar-refractivity contribution < 1.29 is 19.1 Å². The van der Waals surface area contributed by atoms with Gasteiger partial charge in [-0.15, -0.1) is 0 Å². The van der Waals surface area contributed by atoms with Crippen molar-refractivity contribution in [3.8, 4) is 11.5 Å². The minimum atomic E-state index is -0.0722. The van der Waals surface area contributed by atoms with Crippen molar-refractivity contribution in [3.05, 3.63) is 54.6 Å². The first-order valence-electron chi connectivity index (χ1n) is 9.60. The highest BCUT2D eigenvalue weighted by Crippen LogP contribution is 2.24. The zero-order valence-electron chi connectivity index (χ0n) is 16.1. The standard InChI is InChI=1S/C22H26N2O4/c1-17(25)24(14-13-23-22(26)18-11-15-27-16-12-18)19-7-9-21(10-8-19)28-20-5-3-2-4-6-20/h2-10,18H,11-16H2,1H3,(H,23,26). The van der Waals surface area contributed by atoms with Gasteiger partial charge in [0.2, 0.25) is 11.8 Å². The summed E-state index contributed by atoms with van der Waals surface area (Å²) in [6.07, 6.45) is 1.51. The number of nitrogens with one attached hydrogen (secondary N) is 1. The van der Waals surface area contributed by atoms with Crippen molar-refractivity contribution in [2.45, 2.75) is 19.8 Å². The maximum atomic E-state index is 12.2. The summed E-state index contributed by atoms with van der Waals surface area (Å²) >= 11 is 0. The highest BCUT2D eigenvalue weighted by atomic mass is 16.5. The minimum absolute atomic E-state index is 0.00828. The molecule has 28 heavy (non-hydrogen) atoms. The number of ether oxygens (including phenoxy) is 2. The van der Waals surface area contributed by atoms with E-state index in [0.29, 0.717) is 32.1 Å². The monoisotopic (exact) mass is 382 g/mol. The van der Waals surface area contributed by atoms with Crippen LogP contribution in [0.3, 0.4) is 0 Å². The lowest BCUT2D eigenvalue weighted by Crippen LogP contribution is -2.40. The lowest BCUT2D eigenvalue weighted by atomic mass is 9.99. The number of amides is 2. The van der Waals surface area contributed by atoms with Gasteiger partial charge in [-0.25, -0.2) is 0 Å². The first-order chi connectivity index (χ1) is 13.6. The molecule has 0 aliphatic carbocycles. The SMILES string of the molecule is CC(=O)N(CCNC(=O)C1CCOCC1)c1ccc(Oc2ccccc2)cc1. The summed E-state index contributed by atoms with van der Waals surface area (Å²) in [6, 6.07) is 16.9. The summed E-state index contributed by atoms with van der Waals surface area (Å²) in [5.41, 5.74) is 0.772. The van der Waals surface area contributed by atoms with E-state index in [2.05, 4.69) is 5.32 Å². The molecule has 0 spiro atoms. The molecule has 1 fully saturated rings. The molecule has 0 unspecified atom stereocenters. The average Bonchev–Trinajstić information content (AvgIpc) is 2.73. The number of hydrogen-bond donors (Lipinski definition) is 1. The predicted octanol–water partition coefficient (Wildman–Crippen LogP) is 3.37. The van der Waals surface area contributed by atoms with Crippen LogP contribution in [0.15, 0.2) is 54.6 Å². The highest BCUT2D eigenvalue weighted by Gasteiger charge is 2.21. The van der Waals surface area contributed by atoms with E-state index in [1.165, 1.54) is 6.92 Å². The third-order valence-corrected chi connectivity index (χ3v) is 4.73. The van der Waals surface area contributed by atoms with E-state index in [0.717, 1.165) is 24.3 Å². The Balaban J connectivity index is 1.54. The molecular formula is C22H26N2O4. The average molecular weight is 382 g/mol. The number of benzene rings is 2. The molecule has 2 aromatic rings. The van der Waals surface area contributed by atoms with E-state index < -0.39 is 0 Å². The molecule has 1 aliphatic rings. The number of para-hydroxylation sites is 1. The smallest absolute Gasteiger partial charge is 0.223 e. The molecule has 1 heterocycles. The number of hydrogen-bond acceptors (Lipinski definition) is 4. The van der Waals surface area contributed by atoms with Gasteiger partial charge in [0.15, 0.2) is 0 Å². The van der Waals surface area contributed by atoms with Gasteiger partial charge >= 0.3 is 0 Å². The number of nitrogens with zero attached hydrogens (tertiary/aromatic N) is 1. The Morgan fingerprint density at radius 2 is 1.68 bits per heavy atom. The second-order valence-corrected chi connectivity index (χ2v) is 6.76. The van der Waals surface area contributed by atoms with E-state index in [1.807, 2.05) is 54.6 Å². The van der Waals surface area contributed by atoms with Crippen LogP contribution in [0, 0.1) is 5.92 Å². The highest BCUT2D eigenvalue weighted by molar-refractivity contribution is 5.91. The molecule has 3 rings (SSSR count). The van der Waals surface area contributed by atoms with Crippen LogP contribution in [0.2, 0.25) is 0 Å². The van der Waals surface area contributed by atoms with Gasteiger partial charge < -0.3 is 19.7 Å². The quantitative estimate of drug-likeness (QED) is 0.797. The molecule has 1 aliphatic heterocycles. The van der Waals surface area contributed by atoms with Crippen LogP contribution in [0.1, 0.15) is 19.8 Å². The molecule has 0 atom stereocenters. The van der Waals surface area contributed by atoms with Crippen LogP contribution in [0.25, 0.3) is 0 Å². The van der Waals surface area contributed by atoms with Crippen LogP contribution in [-0.2, 0) is 14.3 Å². The Morgan fingerprint density at radius 3 is 2.32 bits per heavy atom. The lowest BCUT2D eigenvalue weighted by molar-refractivity contribution is -0.127. The Kier molecular flexibility index (Phi) is 7.03. The Hall–Kier alpha value is -2.86. The summed E-state index contributed by atoms with van der Waals surface area (Å²) < 4.78 is 11.1. The fourth-order valence-electron chi connectivity index (χ4n) is 3.18. The number of anilines is 1. The maximum Gasteiger partial charge on any atom is 0.223 e. The first kappa shape index (κ1) is 19.9. The predicted molar refractivity (Wildman–Crippen MR) is 108 cm³/mol. The summed E-state index contributed by atoms with van der Waals surface area (Å²) in [7, 11) is 0. The second kappa shape index (κ2) is 9.90. The molecule has 148 valence electrons. The minimum Gasteiger partial charge on any atom is -0.457 e. The van der Waals surface area contributed by atoms with Gasteiger partial charge in [-0.1, -0.05) is 18.2 Å². The lowest BCUT2D eigenvalue weighted by Gasteiger charge is -2.24. The zero-order chi connectivity index (χ0) is 19.8. The molecule has 1 N–H and O–H groups in total. The van der Waals surface area contributed by atoms with Crippen molar-refractivity contribution in [2.75, 3.05) is 31.2 Å².